The number of ether oxygens (including phenoxy) is 1. The van der Waals surface area contributed by atoms with Crippen LogP contribution >= 0.6 is 0 Å². The maximum absolute atomic E-state index is 13.2. The highest BCUT2D eigenvalue weighted by Crippen LogP contribution is 2.46. The zero-order chi connectivity index (χ0) is 19.8. The van der Waals surface area contributed by atoms with Crippen LogP contribution in [0.25, 0.3) is 0 Å². The molecular formula is C21H19F2NO3. The second-order valence-corrected chi connectivity index (χ2v) is 6.93. The van der Waals surface area contributed by atoms with Gasteiger partial charge in [0, 0.05) is 36.0 Å². The van der Waals surface area contributed by atoms with E-state index < -0.39 is 30.0 Å². The maximum atomic E-state index is 13.2. The molecule has 0 radical (unpaired) electrons. The SMILES string of the molecule is CN1C(=CC(=O)COC(=O)c2cc(F)cc(F)c2)C(C)(C)c2ccccc21. The quantitative estimate of drug-likeness (QED) is 0.602. The minimum absolute atomic E-state index is 0.279. The molecule has 0 bridgehead atoms. The maximum Gasteiger partial charge on any atom is 0.338 e. The molecule has 0 atom stereocenters. The van der Waals surface area contributed by atoms with Crippen LogP contribution in [0, 0.1) is 11.6 Å². The van der Waals surface area contributed by atoms with E-state index in [1.165, 1.54) is 6.08 Å². The highest BCUT2D eigenvalue weighted by Gasteiger charge is 2.38. The third-order valence-corrected chi connectivity index (χ3v) is 4.68. The van der Waals surface area contributed by atoms with Crippen LogP contribution in [-0.4, -0.2) is 25.4 Å². The van der Waals surface area contributed by atoms with Crippen LogP contribution in [-0.2, 0) is 14.9 Å². The molecule has 0 amide bonds. The molecule has 0 saturated carbocycles. The Balaban J connectivity index is 1.73. The summed E-state index contributed by atoms with van der Waals surface area (Å²) >= 11 is 0. The summed E-state index contributed by atoms with van der Waals surface area (Å²) in [5.41, 5.74) is 2.23. The number of nitrogens with zero attached hydrogens (tertiary/aromatic N) is 1. The predicted octanol–water partition coefficient (Wildman–Crippen LogP) is 4.00. The van der Waals surface area contributed by atoms with E-state index in [1.807, 2.05) is 50.1 Å². The van der Waals surface area contributed by atoms with Gasteiger partial charge >= 0.3 is 5.97 Å². The Kier molecular flexibility index (Phi) is 4.83. The van der Waals surface area contributed by atoms with Gasteiger partial charge in [-0.2, -0.15) is 0 Å². The first kappa shape index (κ1) is 18.8. The van der Waals surface area contributed by atoms with Crippen LogP contribution < -0.4 is 4.90 Å². The van der Waals surface area contributed by atoms with Gasteiger partial charge in [0.1, 0.15) is 11.6 Å². The first-order chi connectivity index (χ1) is 12.7. The average molecular weight is 371 g/mol. The van der Waals surface area contributed by atoms with Crippen molar-refractivity contribution in [2.75, 3.05) is 18.6 Å². The van der Waals surface area contributed by atoms with E-state index in [9.17, 15) is 18.4 Å². The summed E-state index contributed by atoms with van der Waals surface area (Å²) in [6, 6.07) is 10.2. The van der Waals surface area contributed by atoms with Crippen molar-refractivity contribution in [1.29, 1.82) is 0 Å². The standard InChI is InChI=1S/C21H19F2NO3/c1-21(2)17-6-4-5-7-18(17)24(3)19(21)11-16(25)12-27-20(26)13-8-14(22)10-15(23)9-13/h4-11H,12H2,1-3H3. The van der Waals surface area contributed by atoms with Crippen LogP contribution in [0.2, 0.25) is 0 Å². The molecule has 3 rings (SSSR count). The van der Waals surface area contributed by atoms with E-state index in [-0.39, 0.29) is 11.0 Å². The number of ketones is 1. The Labute approximate surface area is 156 Å². The lowest BCUT2D eigenvalue weighted by atomic mass is 9.83. The molecule has 0 N–H and O–H groups in total. The van der Waals surface area contributed by atoms with Gasteiger partial charge in [0.25, 0.3) is 0 Å². The van der Waals surface area contributed by atoms with E-state index in [0.717, 1.165) is 29.1 Å². The van der Waals surface area contributed by atoms with Crippen LogP contribution in [0.4, 0.5) is 14.5 Å². The molecule has 1 aliphatic heterocycles. The molecule has 0 aliphatic carbocycles. The normalized spacial score (nSPS) is 16.3. The Hall–Kier alpha value is -3.02. The fourth-order valence-electron chi connectivity index (χ4n) is 3.34. The van der Waals surface area contributed by atoms with Gasteiger partial charge in [-0.05, 0) is 23.8 Å². The second-order valence-electron chi connectivity index (χ2n) is 6.93. The fourth-order valence-corrected chi connectivity index (χ4v) is 3.34. The summed E-state index contributed by atoms with van der Waals surface area (Å²) in [5, 5.41) is 0. The van der Waals surface area contributed by atoms with E-state index in [1.54, 1.807) is 0 Å². The number of rotatable bonds is 4. The van der Waals surface area contributed by atoms with Gasteiger partial charge in [0.05, 0.1) is 5.56 Å². The Morgan fingerprint density at radius 1 is 1.11 bits per heavy atom. The Bertz CT molecular complexity index is 930. The molecule has 2 aromatic rings. The molecule has 0 saturated heterocycles. The monoisotopic (exact) mass is 371 g/mol. The van der Waals surface area contributed by atoms with Gasteiger partial charge < -0.3 is 9.64 Å². The van der Waals surface area contributed by atoms with Gasteiger partial charge in [-0.15, -0.1) is 0 Å². The largest absolute Gasteiger partial charge is 0.454 e. The Morgan fingerprint density at radius 3 is 2.37 bits per heavy atom. The zero-order valence-electron chi connectivity index (χ0n) is 15.3. The van der Waals surface area contributed by atoms with Gasteiger partial charge in [0.2, 0.25) is 0 Å². The lowest BCUT2D eigenvalue weighted by Gasteiger charge is -2.23. The van der Waals surface area contributed by atoms with Crippen molar-refractivity contribution in [3.8, 4) is 0 Å². The Morgan fingerprint density at radius 2 is 1.74 bits per heavy atom. The molecule has 4 nitrogen and oxygen atoms in total. The molecule has 1 aliphatic rings. The summed E-state index contributed by atoms with van der Waals surface area (Å²) in [6.45, 7) is 3.51. The fraction of sp³-hybridized carbons (Fsp3) is 0.238. The average Bonchev–Trinajstić information content (AvgIpc) is 2.80. The molecule has 0 fully saturated rings. The lowest BCUT2D eigenvalue weighted by molar-refractivity contribution is -0.117. The minimum atomic E-state index is -0.956. The number of hydrogen-bond acceptors (Lipinski definition) is 4. The van der Waals surface area contributed by atoms with Crippen LogP contribution in [0.1, 0.15) is 29.8 Å². The molecular weight excluding hydrogens is 352 g/mol. The highest BCUT2D eigenvalue weighted by molar-refractivity contribution is 5.96. The number of carbonyl (C=O) groups is 2. The third-order valence-electron chi connectivity index (χ3n) is 4.68. The van der Waals surface area contributed by atoms with Crippen LogP contribution in [0.5, 0.6) is 0 Å². The van der Waals surface area contributed by atoms with Crippen molar-refractivity contribution >= 4 is 17.4 Å². The van der Waals surface area contributed by atoms with Crippen LogP contribution in [0.15, 0.2) is 54.2 Å². The number of anilines is 1. The number of benzene rings is 2. The molecule has 27 heavy (non-hydrogen) atoms. The second kappa shape index (κ2) is 6.95. The van der Waals surface area contributed by atoms with Crippen molar-refractivity contribution in [2.24, 2.45) is 0 Å². The van der Waals surface area contributed by atoms with Crippen molar-refractivity contribution < 1.29 is 23.1 Å². The van der Waals surface area contributed by atoms with Crippen molar-refractivity contribution in [3.05, 3.63) is 77.0 Å². The molecule has 0 aromatic heterocycles. The molecule has 0 spiro atoms. The number of carbonyl (C=O) groups excluding carboxylic acids is 2. The summed E-state index contributed by atoms with van der Waals surface area (Å²) in [7, 11) is 1.87. The van der Waals surface area contributed by atoms with Gasteiger partial charge in [0.15, 0.2) is 12.4 Å². The number of halogens is 2. The molecule has 0 unspecified atom stereocenters. The van der Waals surface area contributed by atoms with Crippen molar-refractivity contribution in [1.82, 2.24) is 0 Å². The first-order valence-corrected chi connectivity index (χ1v) is 8.41. The number of para-hydroxylation sites is 1. The predicted molar refractivity (Wildman–Crippen MR) is 97.6 cm³/mol. The van der Waals surface area contributed by atoms with Gasteiger partial charge in [-0.1, -0.05) is 32.0 Å². The summed E-state index contributed by atoms with van der Waals surface area (Å²) in [6.07, 6.45) is 1.44. The van der Waals surface area contributed by atoms with E-state index in [2.05, 4.69) is 0 Å². The molecule has 140 valence electrons. The number of likely N-dealkylation sites (N-methyl/N-ethyl adjacent to an activating group) is 1. The number of hydrogen-bond donors (Lipinski definition) is 0. The smallest absolute Gasteiger partial charge is 0.338 e. The minimum Gasteiger partial charge on any atom is -0.454 e. The number of esters is 1. The van der Waals surface area contributed by atoms with E-state index >= 15 is 0 Å². The lowest BCUT2D eigenvalue weighted by Crippen LogP contribution is -2.25. The topological polar surface area (TPSA) is 46.6 Å². The highest BCUT2D eigenvalue weighted by atomic mass is 19.1. The van der Waals surface area contributed by atoms with Crippen LogP contribution in [0.3, 0.4) is 0 Å². The summed E-state index contributed by atoms with van der Waals surface area (Å²) in [5.74, 6) is -3.14. The van der Waals surface area contributed by atoms with E-state index in [0.29, 0.717) is 6.07 Å². The summed E-state index contributed by atoms with van der Waals surface area (Å²) < 4.78 is 31.3. The zero-order valence-corrected chi connectivity index (χ0v) is 15.3. The van der Waals surface area contributed by atoms with Gasteiger partial charge in [-0.25, -0.2) is 13.6 Å². The molecule has 2 aromatic carbocycles. The van der Waals surface area contributed by atoms with Crippen molar-refractivity contribution in [2.45, 2.75) is 19.3 Å². The molecule has 6 heteroatoms. The third kappa shape index (κ3) is 3.60. The number of fused-ring (bicyclic) bond motifs is 1. The molecule has 1 heterocycles. The van der Waals surface area contributed by atoms with Crippen molar-refractivity contribution in [3.63, 3.8) is 0 Å². The van der Waals surface area contributed by atoms with E-state index in [4.69, 9.17) is 4.74 Å². The van der Waals surface area contributed by atoms with Gasteiger partial charge in [-0.3, -0.25) is 4.79 Å². The summed E-state index contributed by atoms with van der Waals surface area (Å²) in [4.78, 5) is 26.2. The first-order valence-electron chi connectivity index (χ1n) is 8.41. The number of allylic oxidation sites excluding steroid dienone is 1.